The van der Waals surface area contributed by atoms with E-state index >= 15 is 0 Å². The van der Waals surface area contributed by atoms with E-state index < -0.39 is 0 Å². The van der Waals surface area contributed by atoms with E-state index in [1.54, 1.807) is 18.6 Å². The van der Waals surface area contributed by atoms with E-state index in [2.05, 4.69) is 36.5 Å². The molecule has 4 aromatic heterocycles. The monoisotopic (exact) mass is 442 g/mol. The normalized spacial score (nSPS) is 20.8. The number of epoxide rings is 1. The Morgan fingerprint density at radius 2 is 1.73 bits per heavy atom. The van der Waals surface area contributed by atoms with E-state index in [0.29, 0.717) is 18.3 Å². The molecule has 0 radical (unpaired) electrons. The third kappa shape index (κ3) is 3.58. The van der Waals surface area contributed by atoms with E-state index in [-0.39, 0.29) is 17.1 Å². The van der Waals surface area contributed by atoms with Crippen LogP contribution in [0.25, 0.3) is 22.7 Å². The lowest BCUT2D eigenvalue weighted by Gasteiger charge is -2.39. The van der Waals surface area contributed by atoms with Gasteiger partial charge in [-0.15, -0.1) is 0 Å². The van der Waals surface area contributed by atoms with Crippen molar-refractivity contribution in [3.05, 3.63) is 60.4 Å². The number of anilines is 2. The fraction of sp³-hybridized carbons (Fsp3) is 0.304. The van der Waals surface area contributed by atoms with Crippen molar-refractivity contribution in [3.63, 3.8) is 0 Å². The Labute approximate surface area is 189 Å². The summed E-state index contributed by atoms with van der Waals surface area (Å²) < 4.78 is 11.0. The van der Waals surface area contributed by atoms with Crippen LogP contribution in [0.15, 0.2) is 53.6 Å². The number of rotatable bonds is 6. The number of hydrogen-bond donors (Lipinski definition) is 2. The topological polar surface area (TPSA) is 141 Å². The smallest absolute Gasteiger partial charge is 0.259 e. The lowest BCUT2D eigenvalue weighted by molar-refractivity contribution is 0.272. The maximum atomic E-state index is 5.62. The van der Waals surface area contributed by atoms with Crippen molar-refractivity contribution in [1.29, 1.82) is 0 Å². The van der Waals surface area contributed by atoms with Gasteiger partial charge in [-0.05, 0) is 43.5 Å². The number of nitrogens with zero attached hydrogens (tertiary/aromatic N) is 6. The van der Waals surface area contributed by atoms with E-state index in [1.165, 1.54) is 0 Å². The molecule has 10 nitrogen and oxygen atoms in total. The van der Waals surface area contributed by atoms with Crippen LogP contribution in [0.2, 0.25) is 0 Å². The maximum absolute atomic E-state index is 5.62. The minimum atomic E-state index is -0.312. The second kappa shape index (κ2) is 7.31. The van der Waals surface area contributed by atoms with E-state index in [4.69, 9.17) is 20.0 Å². The van der Waals surface area contributed by atoms with Crippen LogP contribution in [0.3, 0.4) is 0 Å². The first-order valence-corrected chi connectivity index (χ1v) is 10.8. The largest absolute Gasteiger partial charge is 0.368 e. The highest BCUT2D eigenvalue weighted by Gasteiger charge is 2.45. The number of pyridine rings is 2. The van der Waals surface area contributed by atoms with E-state index in [1.807, 2.05) is 31.3 Å². The zero-order valence-corrected chi connectivity index (χ0v) is 18.0. The number of hydrogen-bond acceptors (Lipinski definition) is 10. The number of nitrogens with two attached hydrogens (primary N) is 1. The van der Waals surface area contributed by atoms with E-state index in [0.717, 1.165) is 47.5 Å². The molecule has 33 heavy (non-hydrogen) atoms. The highest BCUT2D eigenvalue weighted by molar-refractivity contribution is 5.58. The summed E-state index contributed by atoms with van der Waals surface area (Å²) in [5.74, 6) is 2.11. The lowest BCUT2D eigenvalue weighted by Crippen LogP contribution is -2.36. The minimum Gasteiger partial charge on any atom is -0.368 e. The van der Waals surface area contributed by atoms with Gasteiger partial charge in [-0.1, -0.05) is 17.6 Å². The maximum Gasteiger partial charge on any atom is 0.259 e. The molecular weight excluding hydrogens is 420 g/mol. The Balaban J connectivity index is 1.24. The molecule has 10 heteroatoms. The summed E-state index contributed by atoms with van der Waals surface area (Å²) in [6.45, 7) is 2.66. The molecule has 1 saturated heterocycles. The average molecular weight is 442 g/mol. The van der Waals surface area contributed by atoms with E-state index in [9.17, 15) is 0 Å². The molecule has 166 valence electrons. The van der Waals surface area contributed by atoms with Crippen molar-refractivity contribution in [2.75, 3.05) is 17.7 Å². The molecule has 1 unspecified atom stereocenters. The van der Waals surface area contributed by atoms with Crippen LogP contribution in [0.5, 0.6) is 0 Å². The van der Waals surface area contributed by atoms with Crippen LogP contribution in [0, 0.1) is 0 Å². The SMILES string of the molecule is CC1(Nc2ccc(-c3nc(C4(c5ccc(-c6cnc(N)nc6)nc5)CCC4)no3)cn2)CO1. The molecule has 3 N–H and O–H groups in total. The first-order valence-electron chi connectivity index (χ1n) is 10.8. The fourth-order valence-electron chi connectivity index (χ4n) is 4.07. The van der Waals surface area contributed by atoms with Gasteiger partial charge in [0.25, 0.3) is 5.89 Å². The molecule has 1 aliphatic carbocycles. The van der Waals surface area contributed by atoms with Crippen LogP contribution in [-0.4, -0.2) is 42.4 Å². The van der Waals surface area contributed by atoms with Gasteiger partial charge < -0.3 is 20.3 Å². The quantitative estimate of drug-likeness (QED) is 0.428. The third-order valence-corrected chi connectivity index (χ3v) is 6.33. The van der Waals surface area contributed by atoms with Crippen molar-refractivity contribution in [3.8, 4) is 22.7 Å². The van der Waals surface area contributed by atoms with Crippen molar-refractivity contribution >= 4 is 11.8 Å². The standard InChI is InChI=1S/C23H22N8O2/c1-22(13-32-22)30-18-6-3-14(9-26-18)19-29-20(31-33-19)23(7-2-8-23)16-4-5-17(25-12-16)15-10-27-21(24)28-11-15/h3-6,9-12H,2,7-8,13H2,1H3,(H,26,30)(H2,24,27,28). The molecule has 1 aliphatic heterocycles. The number of nitrogens with one attached hydrogen (secondary N) is 1. The molecule has 0 bridgehead atoms. The summed E-state index contributed by atoms with van der Waals surface area (Å²) in [7, 11) is 0. The van der Waals surface area contributed by atoms with Gasteiger partial charge in [-0.2, -0.15) is 4.98 Å². The van der Waals surface area contributed by atoms with Crippen LogP contribution < -0.4 is 11.1 Å². The highest BCUT2D eigenvalue weighted by atomic mass is 16.6. The zero-order chi connectivity index (χ0) is 22.5. The molecular formula is C23H22N8O2. The summed E-state index contributed by atoms with van der Waals surface area (Å²) in [6.07, 6.45) is 9.92. The molecule has 0 aromatic carbocycles. The Morgan fingerprint density at radius 1 is 0.939 bits per heavy atom. The predicted molar refractivity (Wildman–Crippen MR) is 120 cm³/mol. The molecule has 2 fully saturated rings. The molecule has 1 saturated carbocycles. The van der Waals surface area contributed by atoms with Gasteiger partial charge in [-0.25, -0.2) is 15.0 Å². The van der Waals surface area contributed by atoms with Crippen LogP contribution in [0.4, 0.5) is 11.8 Å². The lowest BCUT2D eigenvalue weighted by atomic mass is 9.64. The summed E-state index contributed by atoms with van der Waals surface area (Å²) in [6, 6.07) is 7.83. The van der Waals surface area contributed by atoms with Crippen molar-refractivity contribution < 1.29 is 9.26 Å². The Hall–Kier alpha value is -3.92. The molecule has 4 aromatic rings. The second-order valence-corrected chi connectivity index (χ2v) is 8.70. The van der Waals surface area contributed by atoms with Gasteiger partial charge in [0.2, 0.25) is 5.95 Å². The molecule has 6 rings (SSSR count). The van der Waals surface area contributed by atoms with Gasteiger partial charge in [-0.3, -0.25) is 4.98 Å². The van der Waals surface area contributed by atoms with Gasteiger partial charge in [0.1, 0.15) is 5.82 Å². The van der Waals surface area contributed by atoms with Crippen molar-refractivity contribution in [2.24, 2.45) is 0 Å². The highest BCUT2D eigenvalue weighted by Crippen LogP contribution is 2.48. The first kappa shape index (κ1) is 19.7. The first-order chi connectivity index (χ1) is 16.0. The van der Waals surface area contributed by atoms with Crippen molar-refractivity contribution in [2.45, 2.75) is 37.3 Å². The molecule has 5 heterocycles. The molecule has 0 spiro atoms. The minimum absolute atomic E-state index is 0.240. The molecule has 1 atom stereocenters. The third-order valence-electron chi connectivity index (χ3n) is 6.33. The molecule has 0 amide bonds. The Kier molecular flexibility index (Phi) is 4.37. The zero-order valence-electron chi connectivity index (χ0n) is 18.0. The van der Waals surface area contributed by atoms with Gasteiger partial charge in [0.15, 0.2) is 11.5 Å². The average Bonchev–Trinajstić information content (AvgIpc) is 3.32. The summed E-state index contributed by atoms with van der Waals surface area (Å²) in [5, 5.41) is 7.57. The number of aromatic nitrogens is 6. The summed E-state index contributed by atoms with van der Waals surface area (Å²) in [4.78, 5) is 21.9. The number of nitrogen functional groups attached to an aromatic ring is 1. The molecule has 2 aliphatic rings. The van der Waals surface area contributed by atoms with Gasteiger partial charge in [0.05, 0.1) is 23.3 Å². The van der Waals surface area contributed by atoms with Crippen LogP contribution >= 0.6 is 0 Å². The van der Waals surface area contributed by atoms with Crippen molar-refractivity contribution in [1.82, 2.24) is 30.1 Å². The Bertz CT molecular complexity index is 1280. The van der Waals surface area contributed by atoms with Crippen LogP contribution in [0.1, 0.15) is 37.6 Å². The fourth-order valence-corrected chi connectivity index (χ4v) is 4.07. The predicted octanol–water partition coefficient (Wildman–Crippen LogP) is 3.19. The number of ether oxygens (including phenoxy) is 1. The summed E-state index contributed by atoms with van der Waals surface area (Å²) in [5.41, 5.74) is 8.40. The van der Waals surface area contributed by atoms with Gasteiger partial charge in [0, 0.05) is 30.4 Å². The second-order valence-electron chi connectivity index (χ2n) is 8.70. The summed E-state index contributed by atoms with van der Waals surface area (Å²) >= 11 is 0. The van der Waals surface area contributed by atoms with Crippen LogP contribution in [-0.2, 0) is 10.2 Å². The Morgan fingerprint density at radius 3 is 2.33 bits per heavy atom. The van der Waals surface area contributed by atoms with Gasteiger partial charge >= 0.3 is 0 Å².